The van der Waals surface area contributed by atoms with Gasteiger partial charge in [-0.3, -0.25) is 4.79 Å². The number of hydrogen-bond donors (Lipinski definition) is 0. The van der Waals surface area contributed by atoms with Gasteiger partial charge < -0.3 is 14.2 Å². The van der Waals surface area contributed by atoms with Gasteiger partial charge in [-0.05, 0) is 18.2 Å². The SMILES string of the molecule is COc1cccc(C(=O)N2CCc3ncn(C)c3C2)c1. The number of benzene rings is 1. The molecule has 0 fully saturated rings. The van der Waals surface area contributed by atoms with E-state index >= 15 is 0 Å². The summed E-state index contributed by atoms with van der Waals surface area (Å²) in [6.45, 7) is 1.32. The van der Waals surface area contributed by atoms with Crippen molar-refractivity contribution in [2.45, 2.75) is 13.0 Å². The summed E-state index contributed by atoms with van der Waals surface area (Å²) >= 11 is 0. The number of aromatic nitrogens is 2. The third kappa shape index (κ3) is 2.15. The van der Waals surface area contributed by atoms with E-state index in [0.29, 0.717) is 24.4 Å². The molecule has 0 aliphatic carbocycles. The molecular formula is C15H17N3O2. The quantitative estimate of drug-likeness (QED) is 0.834. The van der Waals surface area contributed by atoms with Crippen LogP contribution in [-0.4, -0.2) is 34.0 Å². The number of amides is 1. The normalized spacial score (nSPS) is 14.0. The Kier molecular flexibility index (Phi) is 3.18. The van der Waals surface area contributed by atoms with Gasteiger partial charge in [0.25, 0.3) is 5.91 Å². The van der Waals surface area contributed by atoms with Gasteiger partial charge in [-0.1, -0.05) is 6.07 Å². The number of ether oxygens (including phenoxy) is 1. The van der Waals surface area contributed by atoms with Crippen LogP contribution in [0.15, 0.2) is 30.6 Å². The predicted octanol–water partition coefficient (Wildman–Crippen LogP) is 1.63. The standard InChI is InChI=1S/C15H17N3O2/c1-17-10-16-13-6-7-18(9-14(13)17)15(19)11-4-3-5-12(8-11)20-2/h3-5,8,10H,6-7,9H2,1-2H3. The number of methoxy groups -OCH3 is 1. The number of nitrogens with zero attached hydrogens (tertiary/aromatic N) is 3. The predicted molar refractivity (Wildman–Crippen MR) is 74.6 cm³/mol. The smallest absolute Gasteiger partial charge is 0.254 e. The lowest BCUT2D eigenvalue weighted by molar-refractivity contribution is 0.0729. The molecule has 0 unspecified atom stereocenters. The Morgan fingerprint density at radius 2 is 2.25 bits per heavy atom. The molecule has 0 spiro atoms. The molecule has 1 aliphatic rings. The van der Waals surface area contributed by atoms with Crippen LogP contribution in [0.3, 0.4) is 0 Å². The van der Waals surface area contributed by atoms with Crippen molar-refractivity contribution < 1.29 is 9.53 Å². The monoisotopic (exact) mass is 271 g/mol. The molecule has 0 bridgehead atoms. The molecule has 2 aromatic rings. The minimum absolute atomic E-state index is 0.0377. The molecule has 0 saturated heterocycles. The Balaban J connectivity index is 1.83. The summed E-state index contributed by atoms with van der Waals surface area (Å²) in [7, 11) is 3.57. The second-order valence-electron chi connectivity index (χ2n) is 4.96. The van der Waals surface area contributed by atoms with Gasteiger partial charge in [-0.15, -0.1) is 0 Å². The zero-order valence-corrected chi connectivity index (χ0v) is 11.7. The fourth-order valence-electron chi connectivity index (χ4n) is 2.53. The van der Waals surface area contributed by atoms with E-state index in [4.69, 9.17) is 4.74 Å². The first-order valence-electron chi connectivity index (χ1n) is 6.61. The number of fused-ring (bicyclic) bond motifs is 1. The zero-order chi connectivity index (χ0) is 14.1. The van der Waals surface area contributed by atoms with E-state index in [1.807, 2.05) is 41.0 Å². The lowest BCUT2D eigenvalue weighted by atomic mass is 10.1. The van der Waals surface area contributed by atoms with Crippen molar-refractivity contribution >= 4 is 5.91 Å². The molecule has 0 saturated carbocycles. The fourth-order valence-corrected chi connectivity index (χ4v) is 2.53. The Labute approximate surface area is 117 Å². The van der Waals surface area contributed by atoms with E-state index in [2.05, 4.69) is 4.98 Å². The van der Waals surface area contributed by atoms with E-state index in [9.17, 15) is 4.79 Å². The summed E-state index contributed by atoms with van der Waals surface area (Å²) in [4.78, 5) is 18.8. The van der Waals surface area contributed by atoms with E-state index in [0.717, 1.165) is 17.8 Å². The lowest BCUT2D eigenvalue weighted by Crippen LogP contribution is -2.36. The van der Waals surface area contributed by atoms with E-state index < -0.39 is 0 Å². The van der Waals surface area contributed by atoms with Crippen LogP contribution >= 0.6 is 0 Å². The Morgan fingerprint density at radius 3 is 3.05 bits per heavy atom. The molecule has 0 N–H and O–H groups in total. The summed E-state index contributed by atoms with van der Waals surface area (Å²) in [5.41, 5.74) is 2.88. The summed E-state index contributed by atoms with van der Waals surface area (Å²) < 4.78 is 7.16. The van der Waals surface area contributed by atoms with Gasteiger partial charge >= 0.3 is 0 Å². The summed E-state index contributed by atoms with van der Waals surface area (Å²) in [6.07, 6.45) is 2.62. The fraction of sp³-hybridized carbons (Fsp3) is 0.333. The van der Waals surface area contributed by atoms with Crippen LogP contribution < -0.4 is 4.74 Å². The van der Waals surface area contributed by atoms with Crippen molar-refractivity contribution in [2.75, 3.05) is 13.7 Å². The average molecular weight is 271 g/mol. The van der Waals surface area contributed by atoms with Crippen LogP contribution in [0.5, 0.6) is 5.75 Å². The minimum atomic E-state index is 0.0377. The van der Waals surface area contributed by atoms with Gasteiger partial charge in [0, 0.05) is 25.6 Å². The first kappa shape index (κ1) is 12.7. The molecule has 3 rings (SSSR count). The Bertz CT molecular complexity index is 648. The van der Waals surface area contributed by atoms with Gasteiger partial charge in [0.05, 0.1) is 31.4 Å². The van der Waals surface area contributed by atoms with Crippen LogP contribution in [-0.2, 0) is 20.0 Å². The highest BCUT2D eigenvalue weighted by atomic mass is 16.5. The molecule has 1 amide bonds. The number of rotatable bonds is 2. The maximum absolute atomic E-state index is 12.6. The van der Waals surface area contributed by atoms with E-state index in [-0.39, 0.29) is 5.91 Å². The van der Waals surface area contributed by atoms with Crippen molar-refractivity contribution in [1.29, 1.82) is 0 Å². The second kappa shape index (κ2) is 5.00. The molecule has 0 atom stereocenters. The molecule has 1 aliphatic heterocycles. The van der Waals surface area contributed by atoms with Gasteiger partial charge in [0.15, 0.2) is 0 Å². The lowest BCUT2D eigenvalue weighted by Gasteiger charge is -2.27. The molecule has 20 heavy (non-hydrogen) atoms. The first-order valence-corrected chi connectivity index (χ1v) is 6.61. The largest absolute Gasteiger partial charge is 0.497 e. The maximum Gasteiger partial charge on any atom is 0.254 e. The van der Waals surface area contributed by atoms with Crippen LogP contribution in [0.2, 0.25) is 0 Å². The molecule has 104 valence electrons. The molecule has 2 heterocycles. The van der Waals surface area contributed by atoms with Crippen molar-refractivity contribution in [1.82, 2.24) is 14.5 Å². The van der Waals surface area contributed by atoms with E-state index in [1.54, 1.807) is 13.2 Å². The van der Waals surface area contributed by atoms with Gasteiger partial charge in [-0.25, -0.2) is 4.98 Å². The van der Waals surface area contributed by atoms with Crippen molar-refractivity contribution in [3.8, 4) is 5.75 Å². The molecular weight excluding hydrogens is 254 g/mol. The van der Waals surface area contributed by atoms with Crippen molar-refractivity contribution in [2.24, 2.45) is 7.05 Å². The third-order valence-corrected chi connectivity index (χ3v) is 3.71. The molecule has 0 radical (unpaired) electrons. The summed E-state index contributed by atoms with van der Waals surface area (Å²) in [5.74, 6) is 0.741. The number of carbonyl (C=O) groups is 1. The van der Waals surface area contributed by atoms with Crippen LogP contribution in [0, 0.1) is 0 Å². The number of hydrogen-bond acceptors (Lipinski definition) is 3. The van der Waals surface area contributed by atoms with Gasteiger partial charge in [-0.2, -0.15) is 0 Å². The Morgan fingerprint density at radius 1 is 1.40 bits per heavy atom. The number of imidazole rings is 1. The number of aryl methyl sites for hydroxylation is 1. The highest BCUT2D eigenvalue weighted by molar-refractivity contribution is 5.94. The first-order chi connectivity index (χ1) is 9.69. The van der Waals surface area contributed by atoms with Gasteiger partial charge in [0.1, 0.15) is 5.75 Å². The van der Waals surface area contributed by atoms with Gasteiger partial charge in [0.2, 0.25) is 0 Å². The minimum Gasteiger partial charge on any atom is -0.497 e. The topological polar surface area (TPSA) is 47.4 Å². The third-order valence-electron chi connectivity index (χ3n) is 3.71. The highest BCUT2D eigenvalue weighted by Crippen LogP contribution is 2.20. The summed E-state index contributed by atoms with van der Waals surface area (Å²) in [6, 6.07) is 7.28. The maximum atomic E-state index is 12.6. The molecule has 1 aromatic carbocycles. The van der Waals surface area contributed by atoms with E-state index in [1.165, 1.54) is 0 Å². The van der Waals surface area contributed by atoms with Crippen LogP contribution in [0.4, 0.5) is 0 Å². The van der Waals surface area contributed by atoms with Crippen LogP contribution in [0.1, 0.15) is 21.7 Å². The molecule has 5 heteroatoms. The zero-order valence-electron chi connectivity index (χ0n) is 11.7. The molecule has 1 aromatic heterocycles. The summed E-state index contributed by atoms with van der Waals surface area (Å²) in [5, 5.41) is 0. The molecule has 5 nitrogen and oxygen atoms in total. The Hall–Kier alpha value is -2.30. The second-order valence-corrected chi connectivity index (χ2v) is 4.96. The van der Waals surface area contributed by atoms with Crippen molar-refractivity contribution in [3.05, 3.63) is 47.5 Å². The average Bonchev–Trinajstić information content (AvgIpc) is 2.87. The van der Waals surface area contributed by atoms with Crippen molar-refractivity contribution in [3.63, 3.8) is 0 Å². The highest BCUT2D eigenvalue weighted by Gasteiger charge is 2.24. The number of carbonyl (C=O) groups excluding carboxylic acids is 1. The van der Waals surface area contributed by atoms with Crippen LogP contribution in [0.25, 0.3) is 0 Å².